The molecule has 1 aliphatic rings. The molecule has 5 heteroatoms. The van der Waals surface area contributed by atoms with Crippen LogP contribution in [0.5, 0.6) is 5.75 Å². The van der Waals surface area contributed by atoms with Crippen molar-refractivity contribution in [2.24, 2.45) is 5.73 Å². The topological polar surface area (TPSA) is 86.7 Å². The van der Waals surface area contributed by atoms with Gasteiger partial charge in [-0.1, -0.05) is 0 Å². The third-order valence-electron chi connectivity index (χ3n) is 2.63. The van der Waals surface area contributed by atoms with Gasteiger partial charge < -0.3 is 15.6 Å². The summed E-state index contributed by atoms with van der Waals surface area (Å²) in [6, 6.07) is 4.19. The lowest BCUT2D eigenvalue weighted by atomic mass is 10.0. The molecule has 5 nitrogen and oxygen atoms in total. The Bertz CT molecular complexity index is 483. The van der Waals surface area contributed by atoms with Crippen molar-refractivity contribution in [2.45, 2.75) is 12.5 Å². The average molecular weight is 233 g/mol. The number of carbonyl (C=O) groups excluding carboxylic acids is 1. The molecule has 1 unspecified atom stereocenters. The summed E-state index contributed by atoms with van der Waals surface area (Å²) in [6.07, 6.45) is 2.00. The van der Waals surface area contributed by atoms with Gasteiger partial charge in [0.15, 0.2) is 0 Å². The third-order valence-corrected chi connectivity index (χ3v) is 2.63. The van der Waals surface area contributed by atoms with Gasteiger partial charge in [-0.15, -0.1) is 0 Å². The summed E-state index contributed by atoms with van der Waals surface area (Å²) in [5.74, 6) is -0.294. The predicted molar refractivity (Wildman–Crippen MR) is 62.5 cm³/mol. The number of carbonyl (C=O) groups is 1. The van der Waals surface area contributed by atoms with Gasteiger partial charge >= 0.3 is 5.97 Å². The van der Waals surface area contributed by atoms with Crippen molar-refractivity contribution >= 4 is 17.2 Å². The lowest BCUT2D eigenvalue weighted by Gasteiger charge is -2.10. The lowest BCUT2D eigenvalue weighted by Crippen LogP contribution is -2.31. The van der Waals surface area contributed by atoms with Crippen LogP contribution in [-0.2, 0) is 9.53 Å². The van der Waals surface area contributed by atoms with Gasteiger partial charge in [-0.3, -0.25) is 10.1 Å². The van der Waals surface area contributed by atoms with Gasteiger partial charge in [0.1, 0.15) is 11.8 Å². The summed E-state index contributed by atoms with van der Waals surface area (Å²) in [7, 11) is 1.30. The Labute approximate surface area is 98.9 Å². The van der Waals surface area contributed by atoms with Gasteiger partial charge in [0.25, 0.3) is 0 Å². The number of esters is 1. The molecule has 1 aromatic rings. The minimum atomic E-state index is -0.713. The maximum atomic E-state index is 11.2. The number of rotatable bonds is 3. The van der Waals surface area contributed by atoms with Gasteiger partial charge in [-0.05, 0) is 23.8 Å². The highest BCUT2D eigenvalue weighted by Crippen LogP contribution is 2.35. The summed E-state index contributed by atoms with van der Waals surface area (Å²) in [5.41, 5.74) is 8.09. The van der Waals surface area contributed by atoms with E-state index in [0.29, 0.717) is 6.42 Å². The minimum Gasteiger partial charge on any atom is -0.508 e. The second-order valence-corrected chi connectivity index (χ2v) is 3.82. The number of phenols is 1. The molecule has 1 heterocycles. The van der Waals surface area contributed by atoms with Crippen LogP contribution in [0.15, 0.2) is 24.4 Å². The molecule has 1 aromatic carbocycles. The maximum Gasteiger partial charge on any atom is 0.322 e. The van der Waals surface area contributed by atoms with Crippen LogP contribution in [0.4, 0.5) is 5.69 Å². The highest BCUT2D eigenvalue weighted by atomic mass is 16.5. The predicted octanol–water partition coefficient (Wildman–Crippen LogP) is 0.873. The van der Waals surface area contributed by atoms with E-state index in [1.807, 2.05) is 0 Å². The monoisotopic (exact) mass is 233 g/mol. The SMILES string of the molecule is COC(=O)C(N)CC1=C[N]c2ccc(O)cc21. The van der Waals surface area contributed by atoms with Crippen LogP contribution in [0.3, 0.4) is 0 Å². The van der Waals surface area contributed by atoms with E-state index < -0.39 is 12.0 Å². The normalized spacial score (nSPS) is 14.6. The number of phenolic OH excluding ortho intramolecular Hbond substituents is 1. The Morgan fingerprint density at radius 1 is 1.59 bits per heavy atom. The van der Waals surface area contributed by atoms with Crippen molar-refractivity contribution < 1.29 is 14.6 Å². The molecule has 1 radical (unpaired) electrons. The van der Waals surface area contributed by atoms with Crippen molar-refractivity contribution in [2.75, 3.05) is 7.11 Å². The molecule has 89 valence electrons. The Morgan fingerprint density at radius 2 is 2.35 bits per heavy atom. The quantitative estimate of drug-likeness (QED) is 0.758. The molecule has 1 atom stereocenters. The number of hydrogen-bond donors (Lipinski definition) is 2. The molecule has 3 N–H and O–H groups in total. The fourth-order valence-corrected chi connectivity index (χ4v) is 1.75. The number of hydrogen-bond acceptors (Lipinski definition) is 4. The van der Waals surface area contributed by atoms with E-state index in [0.717, 1.165) is 16.8 Å². The summed E-state index contributed by atoms with van der Waals surface area (Å²) in [5, 5.41) is 13.6. The Balaban J connectivity index is 2.16. The standard InChI is InChI=1S/C12H13N2O3/c1-17-12(16)10(13)4-7-6-14-11-3-2-8(15)5-9(7)11/h2-3,5-6,10,15H,4,13H2,1H3. The first-order chi connectivity index (χ1) is 8.11. The van der Waals surface area contributed by atoms with Gasteiger partial charge in [-0.25, -0.2) is 0 Å². The highest BCUT2D eigenvalue weighted by Gasteiger charge is 2.22. The second kappa shape index (κ2) is 4.47. The summed E-state index contributed by atoms with van der Waals surface area (Å²) >= 11 is 0. The van der Waals surface area contributed by atoms with Gasteiger partial charge in [0, 0.05) is 18.2 Å². The summed E-state index contributed by atoms with van der Waals surface area (Å²) in [6.45, 7) is 0. The molecule has 0 spiro atoms. The summed E-state index contributed by atoms with van der Waals surface area (Å²) < 4.78 is 4.56. The van der Waals surface area contributed by atoms with Crippen molar-refractivity contribution in [3.8, 4) is 5.75 Å². The van der Waals surface area contributed by atoms with Gasteiger partial charge in [-0.2, -0.15) is 0 Å². The first kappa shape index (κ1) is 11.5. The molecular weight excluding hydrogens is 220 g/mol. The van der Waals surface area contributed by atoms with Crippen molar-refractivity contribution in [3.63, 3.8) is 0 Å². The van der Waals surface area contributed by atoms with Crippen molar-refractivity contribution in [1.82, 2.24) is 5.32 Å². The molecule has 0 saturated heterocycles. The number of fused-ring (bicyclic) bond motifs is 1. The number of nitrogens with two attached hydrogens (primary N) is 1. The van der Waals surface area contributed by atoms with Gasteiger partial charge in [0.2, 0.25) is 0 Å². The summed E-state index contributed by atoms with van der Waals surface area (Å²) in [4.78, 5) is 11.2. The first-order valence-electron chi connectivity index (χ1n) is 5.18. The van der Waals surface area contributed by atoms with E-state index in [4.69, 9.17) is 5.73 Å². The number of aromatic hydroxyl groups is 1. The van der Waals surface area contributed by atoms with Crippen LogP contribution in [0.1, 0.15) is 12.0 Å². The number of methoxy groups -OCH3 is 1. The molecule has 2 rings (SSSR count). The smallest absolute Gasteiger partial charge is 0.322 e. The molecule has 0 fully saturated rings. The molecule has 0 saturated carbocycles. The molecule has 0 bridgehead atoms. The van der Waals surface area contributed by atoms with Crippen LogP contribution in [0.2, 0.25) is 0 Å². The van der Waals surface area contributed by atoms with Crippen LogP contribution < -0.4 is 11.1 Å². The lowest BCUT2D eigenvalue weighted by molar-refractivity contribution is -0.142. The van der Waals surface area contributed by atoms with Crippen LogP contribution in [-0.4, -0.2) is 24.2 Å². The zero-order chi connectivity index (χ0) is 12.4. The fraction of sp³-hybridized carbons (Fsp3) is 0.250. The molecule has 0 aromatic heterocycles. The largest absolute Gasteiger partial charge is 0.508 e. The third kappa shape index (κ3) is 2.24. The van der Waals surface area contributed by atoms with E-state index >= 15 is 0 Å². The van der Waals surface area contributed by atoms with E-state index in [1.54, 1.807) is 24.4 Å². The highest BCUT2D eigenvalue weighted by molar-refractivity contribution is 5.84. The Hall–Kier alpha value is -2.01. The zero-order valence-electron chi connectivity index (χ0n) is 9.38. The van der Waals surface area contributed by atoms with E-state index in [2.05, 4.69) is 10.1 Å². The maximum absolute atomic E-state index is 11.2. The Kier molecular flexibility index (Phi) is 3.01. The van der Waals surface area contributed by atoms with Crippen LogP contribution in [0.25, 0.3) is 5.57 Å². The number of benzene rings is 1. The number of ether oxygens (including phenoxy) is 1. The van der Waals surface area contributed by atoms with E-state index in [-0.39, 0.29) is 5.75 Å². The molecule has 17 heavy (non-hydrogen) atoms. The van der Waals surface area contributed by atoms with Crippen LogP contribution in [0, 0.1) is 0 Å². The molecular formula is C12H13N2O3. The molecule has 0 aliphatic carbocycles. The molecule has 1 aliphatic heterocycles. The Morgan fingerprint density at radius 3 is 3.06 bits per heavy atom. The second-order valence-electron chi connectivity index (χ2n) is 3.82. The van der Waals surface area contributed by atoms with Crippen LogP contribution >= 0.6 is 0 Å². The number of nitrogens with zero attached hydrogens (tertiary/aromatic N) is 1. The fourth-order valence-electron chi connectivity index (χ4n) is 1.75. The molecule has 0 amide bonds. The average Bonchev–Trinajstić information content (AvgIpc) is 2.71. The minimum absolute atomic E-state index is 0.165. The first-order valence-corrected chi connectivity index (χ1v) is 5.18. The van der Waals surface area contributed by atoms with Crippen molar-refractivity contribution in [1.29, 1.82) is 0 Å². The van der Waals surface area contributed by atoms with Gasteiger partial charge in [0.05, 0.1) is 12.8 Å². The van der Waals surface area contributed by atoms with E-state index in [1.165, 1.54) is 7.11 Å². The van der Waals surface area contributed by atoms with Crippen molar-refractivity contribution in [3.05, 3.63) is 30.0 Å². The zero-order valence-corrected chi connectivity index (χ0v) is 9.38. The van der Waals surface area contributed by atoms with E-state index in [9.17, 15) is 9.90 Å².